The lowest BCUT2D eigenvalue weighted by molar-refractivity contribution is 0.0963. The van der Waals surface area contributed by atoms with Crippen LogP contribution in [0.1, 0.15) is 21.6 Å². The molecule has 0 atom stereocenters. The molecule has 5 heteroatoms. The van der Waals surface area contributed by atoms with Crippen LogP contribution in [0.3, 0.4) is 0 Å². The number of carbonyl (C=O) groups excluding carboxylic acids is 1. The molecule has 24 heavy (non-hydrogen) atoms. The maximum Gasteiger partial charge on any atom is 0.262 e. The molecule has 0 amide bonds. The van der Waals surface area contributed by atoms with Crippen molar-refractivity contribution >= 4 is 40.2 Å². The van der Waals surface area contributed by atoms with E-state index in [1.807, 2.05) is 25.1 Å². The molecule has 0 aliphatic carbocycles. The number of hydrogen-bond donors (Lipinski definition) is 0. The summed E-state index contributed by atoms with van der Waals surface area (Å²) in [6, 6.07) is 12.8. The molecule has 0 fully saturated rings. The Morgan fingerprint density at radius 3 is 2.54 bits per heavy atom. The summed E-state index contributed by atoms with van der Waals surface area (Å²) in [5.74, 6) is 1.59. The highest BCUT2D eigenvalue weighted by Crippen LogP contribution is 2.32. The summed E-state index contributed by atoms with van der Waals surface area (Å²) in [6.45, 7) is 1.99. The number of ether oxygens (including phenoxy) is 1. The van der Waals surface area contributed by atoms with Gasteiger partial charge in [0.2, 0.25) is 0 Å². The Balaban J connectivity index is 2.21. The second-order valence-electron chi connectivity index (χ2n) is 5.53. The number of fused-ring (bicyclic) bond motifs is 1. The van der Waals surface area contributed by atoms with Gasteiger partial charge in [-0.1, -0.05) is 11.6 Å². The van der Waals surface area contributed by atoms with E-state index < -0.39 is 0 Å². The molecule has 0 unspecified atom stereocenters. The van der Waals surface area contributed by atoms with Gasteiger partial charge in [-0.05, 0) is 61.2 Å². The highest BCUT2D eigenvalue weighted by atomic mass is 35.5. The molecular formula is C19H18ClNO2S. The van der Waals surface area contributed by atoms with Crippen molar-refractivity contribution in [2.24, 2.45) is 0 Å². The van der Waals surface area contributed by atoms with Gasteiger partial charge in [-0.25, -0.2) is 0 Å². The molecule has 2 aromatic carbocycles. The van der Waals surface area contributed by atoms with Gasteiger partial charge in [0.15, 0.2) is 0 Å². The largest absolute Gasteiger partial charge is 0.497 e. The first kappa shape index (κ1) is 16.9. The van der Waals surface area contributed by atoms with Crippen molar-refractivity contribution in [3.63, 3.8) is 0 Å². The highest BCUT2D eigenvalue weighted by molar-refractivity contribution is 7.97. The van der Waals surface area contributed by atoms with Crippen molar-refractivity contribution in [2.75, 3.05) is 13.4 Å². The van der Waals surface area contributed by atoms with Crippen molar-refractivity contribution in [1.29, 1.82) is 0 Å². The lowest BCUT2D eigenvalue weighted by atomic mass is 10.1. The average molecular weight is 360 g/mol. The van der Waals surface area contributed by atoms with Crippen molar-refractivity contribution in [2.45, 2.75) is 12.7 Å². The summed E-state index contributed by atoms with van der Waals surface area (Å²) < 4.78 is 7.13. The first-order chi connectivity index (χ1) is 11.6. The zero-order valence-corrected chi connectivity index (χ0v) is 15.4. The summed E-state index contributed by atoms with van der Waals surface area (Å²) in [5.41, 5.74) is 3.65. The summed E-state index contributed by atoms with van der Waals surface area (Å²) in [4.78, 5) is 13.0. The second kappa shape index (κ2) is 6.91. The number of thioether (sulfide) groups is 1. The molecule has 0 bridgehead atoms. The van der Waals surface area contributed by atoms with E-state index in [9.17, 15) is 4.79 Å². The average Bonchev–Trinajstić information content (AvgIpc) is 2.86. The molecule has 0 aliphatic rings. The number of nitrogens with zero attached hydrogens (tertiary/aromatic N) is 1. The van der Waals surface area contributed by atoms with Crippen molar-refractivity contribution in [1.82, 2.24) is 4.57 Å². The van der Waals surface area contributed by atoms with Crippen LogP contribution in [0.4, 0.5) is 0 Å². The van der Waals surface area contributed by atoms with Gasteiger partial charge < -0.3 is 4.74 Å². The second-order valence-corrected chi connectivity index (χ2v) is 6.83. The predicted molar refractivity (Wildman–Crippen MR) is 102 cm³/mol. The van der Waals surface area contributed by atoms with Gasteiger partial charge in [-0.2, -0.15) is 11.8 Å². The molecule has 124 valence electrons. The number of hydrogen-bond acceptors (Lipinski definition) is 3. The third-order valence-electron chi connectivity index (χ3n) is 4.12. The van der Waals surface area contributed by atoms with Crippen molar-refractivity contribution in [3.05, 3.63) is 64.3 Å². The fourth-order valence-electron chi connectivity index (χ4n) is 2.90. The van der Waals surface area contributed by atoms with Gasteiger partial charge >= 0.3 is 0 Å². The SMILES string of the molecule is COc1ccc2c(c1)c(CSC)c(C)n2C(=O)c1ccc(Cl)cc1. The lowest BCUT2D eigenvalue weighted by Crippen LogP contribution is -2.13. The Hall–Kier alpha value is -1.91. The fourth-order valence-corrected chi connectivity index (χ4v) is 3.68. The smallest absolute Gasteiger partial charge is 0.262 e. The van der Waals surface area contributed by atoms with Crippen LogP contribution in [0.25, 0.3) is 10.9 Å². The molecule has 0 N–H and O–H groups in total. The minimum absolute atomic E-state index is 0.0494. The van der Waals surface area contributed by atoms with E-state index >= 15 is 0 Å². The lowest BCUT2D eigenvalue weighted by Gasteiger charge is -2.08. The van der Waals surface area contributed by atoms with Crippen LogP contribution in [0.2, 0.25) is 5.02 Å². The highest BCUT2D eigenvalue weighted by Gasteiger charge is 2.20. The monoisotopic (exact) mass is 359 g/mol. The molecule has 0 saturated carbocycles. The molecule has 0 spiro atoms. The van der Waals surface area contributed by atoms with Crippen LogP contribution < -0.4 is 4.74 Å². The minimum atomic E-state index is -0.0494. The number of halogens is 1. The fraction of sp³-hybridized carbons (Fsp3) is 0.211. The van der Waals surface area contributed by atoms with E-state index in [4.69, 9.17) is 16.3 Å². The molecule has 0 radical (unpaired) electrons. The zero-order valence-electron chi connectivity index (χ0n) is 13.8. The number of carbonyl (C=O) groups is 1. The molecule has 1 heterocycles. The molecular weight excluding hydrogens is 342 g/mol. The molecule has 3 rings (SSSR count). The Kier molecular flexibility index (Phi) is 4.88. The molecule has 0 aliphatic heterocycles. The third-order valence-corrected chi connectivity index (χ3v) is 4.95. The molecule has 0 saturated heterocycles. The Morgan fingerprint density at radius 1 is 1.21 bits per heavy atom. The standard InChI is InChI=1S/C19H18ClNO2S/c1-12-17(11-24-3)16-10-15(23-2)8-9-18(16)21(12)19(22)13-4-6-14(20)7-5-13/h4-10H,11H2,1-3H3. The van der Waals surface area contributed by atoms with Gasteiger partial charge in [0.25, 0.3) is 5.91 Å². The van der Waals surface area contributed by atoms with E-state index in [0.29, 0.717) is 10.6 Å². The van der Waals surface area contributed by atoms with Gasteiger partial charge in [0, 0.05) is 27.4 Å². The zero-order chi connectivity index (χ0) is 17.3. The summed E-state index contributed by atoms with van der Waals surface area (Å²) >= 11 is 7.67. The van der Waals surface area contributed by atoms with E-state index in [-0.39, 0.29) is 5.91 Å². The molecule has 1 aromatic heterocycles. The van der Waals surface area contributed by atoms with Gasteiger partial charge in [0.05, 0.1) is 12.6 Å². The maximum absolute atomic E-state index is 13.0. The number of benzene rings is 2. The topological polar surface area (TPSA) is 31.2 Å². The third kappa shape index (κ3) is 2.92. The number of aromatic nitrogens is 1. The van der Waals surface area contributed by atoms with E-state index in [2.05, 4.69) is 6.26 Å². The first-order valence-electron chi connectivity index (χ1n) is 7.54. The quantitative estimate of drug-likeness (QED) is 0.644. The number of methoxy groups -OCH3 is 1. The van der Waals surface area contributed by atoms with Crippen molar-refractivity contribution in [3.8, 4) is 5.75 Å². The maximum atomic E-state index is 13.0. The van der Waals surface area contributed by atoms with Gasteiger partial charge in [-0.3, -0.25) is 9.36 Å². The molecule has 3 nitrogen and oxygen atoms in total. The van der Waals surface area contributed by atoms with E-state index in [1.165, 1.54) is 5.56 Å². The predicted octanol–water partition coefficient (Wildman–Crippen LogP) is 5.16. The Labute approximate surface area is 150 Å². The normalized spacial score (nSPS) is 11.0. The summed E-state index contributed by atoms with van der Waals surface area (Å²) in [7, 11) is 1.65. The van der Waals surface area contributed by atoms with Crippen LogP contribution in [0.5, 0.6) is 5.75 Å². The molecule has 3 aromatic rings. The minimum Gasteiger partial charge on any atom is -0.497 e. The van der Waals surface area contributed by atoms with Crippen LogP contribution in [-0.2, 0) is 5.75 Å². The van der Waals surface area contributed by atoms with Crippen LogP contribution >= 0.6 is 23.4 Å². The Morgan fingerprint density at radius 2 is 1.92 bits per heavy atom. The summed E-state index contributed by atoms with van der Waals surface area (Å²) in [6.07, 6.45) is 2.06. The first-order valence-corrected chi connectivity index (χ1v) is 9.31. The number of rotatable bonds is 4. The summed E-state index contributed by atoms with van der Waals surface area (Å²) in [5, 5.41) is 1.68. The van der Waals surface area contributed by atoms with Crippen molar-refractivity contribution < 1.29 is 9.53 Å². The Bertz CT molecular complexity index is 900. The van der Waals surface area contributed by atoms with Crippen LogP contribution in [0, 0.1) is 6.92 Å². The van der Waals surface area contributed by atoms with Gasteiger partial charge in [0.1, 0.15) is 5.75 Å². The van der Waals surface area contributed by atoms with E-state index in [0.717, 1.165) is 28.1 Å². The van der Waals surface area contributed by atoms with Crippen LogP contribution in [0.15, 0.2) is 42.5 Å². The van der Waals surface area contributed by atoms with Gasteiger partial charge in [-0.15, -0.1) is 0 Å². The van der Waals surface area contributed by atoms with E-state index in [1.54, 1.807) is 47.7 Å². The van der Waals surface area contributed by atoms with Crippen LogP contribution in [-0.4, -0.2) is 23.8 Å².